The third-order valence-electron chi connectivity index (χ3n) is 9.25. The van der Waals surface area contributed by atoms with Gasteiger partial charge in [-0.05, 0) is 92.3 Å². The van der Waals surface area contributed by atoms with Crippen LogP contribution < -0.4 is 14.8 Å². The lowest BCUT2D eigenvalue weighted by Gasteiger charge is -2.21. The van der Waals surface area contributed by atoms with Crippen LogP contribution in [0.15, 0.2) is 78.2 Å². The molecule has 0 aliphatic carbocycles. The third kappa shape index (κ3) is 15.4. The molecule has 14 heteroatoms. The summed E-state index contributed by atoms with van der Waals surface area (Å²) in [5.74, 6) is -0.731. The SMILES string of the molecule is CCCCCCCCCCc1ccc(NC(=O)C(=O)N2C[C@@H](Oc3ccc(/C=C/S(=O)(=O)OCC)cc3)[C@H](Oc3ccc(CCS(=O)(=O)OCC)cc3)C2)cc1. The molecule has 0 bridgehead atoms. The largest absolute Gasteiger partial charge is 0.485 e. The molecule has 2 amide bonds. The van der Waals surface area contributed by atoms with E-state index in [9.17, 15) is 26.4 Å². The Hall–Kier alpha value is -4.24. The first kappa shape index (κ1) is 44.5. The van der Waals surface area contributed by atoms with E-state index in [1.807, 2.05) is 24.3 Å². The van der Waals surface area contributed by atoms with E-state index < -0.39 is 44.3 Å². The molecule has 0 aromatic heterocycles. The van der Waals surface area contributed by atoms with Crippen LogP contribution in [0.2, 0.25) is 0 Å². The number of ether oxygens (including phenoxy) is 2. The average molecular weight is 813 g/mol. The second-order valence-electron chi connectivity index (χ2n) is 13.7. The van der Waals surface area contributed by atoms with E-state index in [1.54, 1.807) is 62.4 Å². The smallest absolute Gasteiger partial charge is 0.313 e. The summed E-state index contributed by atoms with van der Waals surface area (Å²) in [5.41, 5.74) is 3.09. The Kier molecular flexibility index (Phi) is 17.9. The standard InChI is InChI=1S/C42H56N2O10S2/c1-4-7-8-9-10-11-12-13-14-33-15-21-36(22-16-33)43-41(45)42(46)44-31-39(53-37-23-17-34(18-24-37)27-29-55(47,48)51-5-2)40(32-44)54-38-25-19-35(20-26-38)28-30-56(49,50)52-6-3/h15-27,29,39-40H,4-14,28,30-32H2,1-3H3,(H,43,45)/b29-27+/t39-,40-/m1/s1. The second-order valence-corrected chi connectivity index (χ2v) is 17.0. The Morgan fingerprint density at radius 3 is 1.77 bits per heavy atom. The predicted octanol–water partition coefficient (Wildman–Crippen LogP) is 7.29. The van der Waals surface area contributed by atoms with E-state index in [4.69, 9.17) is 17.8 Å². The predicted molar refractivity (Wildman–Crippen MR) is 218 cm³/mol. The molecule has 4 rings (SSSR count). The van der Waals surface area contributed by atoms with Crippen LogP contribution >= 0.6 is 0 Å². The highest BCUT2D eigenvalue weighted by Crippen LogP contribution is 2.25. The Balaban J connectivity index is 1.38. The molecule has 306 valence electrons. The number of rotatable bonds is 23. The fourth-order valence-electron chi connectivity index (χ4n) is 6.27. The average Bonchev–Trinajstić information content (AvgIpc) is 3.57. The number of aryl methyl sites for hydroxylation is 2. The van der Waals surface area contributed by atoms with Gasteiger partial charge in [0, 0.05) is 5.69 Å². The lowest BCUT2D eigenvalue weighted by molar-refractivity contribution is -0.142. The number of hydrogen-bond acceptors (Lipinski definition) is 10. The number of hydrogen-bond donors (Lipinski definition) is 1. The molecule has 3 aromatic rings. The number of unbranched alkanes of at least 4 members (excludes halogenated alkanes) is 7. The zero-order valence-electron chi connectivity index (χ0n) is 32.7. The summed E-state index contributed by atoms with van der Waals surface area (Å²) >= 11 is 0. The summed E-state index contributed by atoms with van der Waals surface area (Å²) in [6.45, 7) is 5.67. The van der Waals surface area contributed by atoms with Crippen molar-refractivity contribution in [1.29, 1.82) is 0 Å². The lowest BCUT2D eigenvalue weighted by atomic mass is 10.0. The molecule has 3 aromatic carbocycles. The number of nitrogens with one attached hydrogen (secondary N) is 1. The van der Waals surface area contributed by atoms with Crippen LogP contribution in [-0.4, -0.2) is 77.8 Å². The second kappa shape index (κ2) is 22.5. The fourth-order valence-corrected chi connectivity index (χ4v) is 7.96. The van der Waals surface area contributed by atoms with Gasteiger partial charge in [-0.15, -0.1) is 0 Å². The Morgan fingerprint density at radius 2 is 1.20 bits per heavy atom. The zero-order chi connectivity index (χ0) is 40.4. The van der Waals surface area contributed by atoms with E-state index in [0.29, 0.717) is 22.7 Å². The quantitative estimate of drug-likeness (QED) is 0.0587. The van der Waals surface area contributed by atoms with Crippen molar-refractivity contribution in [2.45, 2.75) is 97.2 Å². The van der Waals surface area contributed by atoms with Crippen molar-refractivity contribution in [2.24, 2.45) is 0 Å². The van der Waals surface area contributed by atoms with Crippen molar-refractivity contribution in [3.63, 3.8) is 0 Å². The van der Waals surface area contributed by atoms with Crippen molar-refractivity contribution in [2.75, 3.05) is 37.4 Å². The summed E-state index contributed by atoms with van der Waals surface area (Å²) in [6, 6.07) is 21.2. The van der Waals surface area contributed by atoms with E-state index >= 15 is 0 Å². The van der Waals surface area contributed by atoms with Crippen molar-refractivity contribution < 1.29 is 44.3 Å². The van der Waals surface area contributed by atoms with E-state index in [1.165, 1.54) is 61.5 Å². The molecule has 0 saturated carbocycles. The van der Waals surface area contributed by atoms with E-state index in [-0.39, 0.29) is 38.5 Å². The van der Waals surface area contributed by atoms with Crippen molar-refractivity contribution in [3.8, 4) is 11.5 Å². The minimum absolute atomic E-state index is 0.0285. The topological polar surface area (TPSA) is 155 Å². The lowest BCUT2D eigenvalue weighted by Crippen LogP contribution is -2.39. The minimum atomic E-state index is -3.79. The summed E-state index contributed by atoms with van der Waals surface area (Å²) < 4.78 is 69.9. The van der Waals surface area contributed by atoms with Crippen molar-refractivity contribution in [3.05, 3.63) is 94.9 Å². The highest BCUT2D eigenvalue weighted by Gasteiger charge is 2.40. The maximum Gasteiger partial charge on any atom is 0.313 e. The van der Waals surface area contributed by atoms with Gasteiger partial charge in [-0.3, -0.25) is 18.0 Å². The zero-order valence-corrected chi connectivity index (χ0v) is 34.3. The van der Waals surface area contributed by atoms with Crippen molar-refractivity contribution >= 4 is 43.8 Å². The van der Waals surface area contributed by atoms with Gasteiger partial charge in [0.15, 0.2) is 12.2 Å². The van der Waals surface area contributed by atoms with Gasteiger partial charge in [-0.1, -0.05) is 88.3 Å². The van der Waals surface area contributed by atoms with Gasteiger partial charge in [0.1, 0.15) is 11.5 Å². The van der Waals surface area contributed by atoms with E-state index in [0.717, 1.165) is 23.8 Å². The molecular formula is C42H56N2O10S2. The van der Waals surface area contributed by atoms with Gasteiger partial charge in [-0.2, -0.15) is 16.8 Å². The van der Waals surface area contributed by atoms with Gasteiger partial charge >= 0.3 is 11.8 Å². The van der Waals surface area contributed by atoms with Crippen LogP contribution in [-0.2, 0) is 51.0 Å². The molecule has 2 atom stereocenters. The number of likely N-dealkylation sites (tertiary alicyclic amines) is 1. The Morgan fingerprint density at radius 1 is 0.679 bits per heavy atom. The molecule has 1 saturated heterocycles. The normalized spacial score (nSPS) is 15.9. The Bertz CT molecular complexity index is 1920. The van der Waals surface area contributed by atoms with Gasteiger partial charge in [-0.25, -0.2) is 0 Å². The molecular weight excluding hydrogens is 757 g/mol. The maximum atomic E-state index is 13.5. The summed E-state index contributed by atoms with van der Waals surface area (Å²) in [5, 5.41) is 3.71. The van der Waals surface area contributed by atoms with Crippen molar-refractivity contribution in [1.82, 2.24) is 4.90 Å². The van der Waals surface area contributed by atoms with Crippen LogP contribution in [0.3, 0.4) is 0 Å². The molecule has 1 N–H and O–H groups in total. The molecule has 0 radical (unpaired) electrons. The molecule has 1 fully saturated rings. The molecule has 0 spiro atoms. The van der Waals surface area contributed by atoms with Crippen LogP contribution in [0, 0.1) is 0 Å². The molecule has 0 unspecified atom stereocenters. The molecule has 1 aliphatic heterocycles. The first-order chi connectivity index (χ1) is 26.9. The monoisotopic (exact) mass is 812 g/mol. The maximum absolute atomic E-state index is 13.5. The number of carbonyl (C=O) groups is 2. The highest BCUT2D eigenvalue weighted by atomic mass is 32.2. The molecule has 1 aliphatic rings. The molecule has 56 heavy (non-hydrogen) atoms. The van der Waals surface area contributed by atoms with Crippen LogP contribution in [0.1, 0.15) is 88.8 Å². The minimum Gasteiger partial charge on any atom is -0.485 e. The van der Waals surface area contributed by atoms with Crippen LogP contribution in [0.5, 0.6) is 11.5 Å². The number of benzene rings is 3. The first-order valence-electron chi connectivity index (χ1n) is 19.6. The molecule has 1 heterocycles. The van der Waals surface area contributed by atoms with Gasteiger partial charge in [0.2, 0.25) is 0 Å². The van der Waals surface area contributed by atoms with Crippen LogP contribution in [0.4, 0.5) is 5.69 Å². The van der Waals surface area contributed by atoms with Gasteiger partial charge < -0.3 is 19.7 Å². The highest BCUT2D eigenvalue weighted by molar-refractivity contribution is 7.89. The molecule has 12 nitrogen and oxygen atoms in total. The first-order valence-corrected chi connectivity index (χ1v) is 22.6. The van der Waals surface area contributed by atoms with E-state index in [2.05, 4.69) is 12.2 Å². The summed E-state index contributed by atoms with van der Waals surface area (Å²) in [4.78, 5) is 28.0. The third-order valence-corrected chi connectivity index (χ3v) is 11.6. The van der Waals surface area contributed by atoms with Crippen LogP contribution in [0.25, 0.3) is 6.08 Å². The van der Waals surface area contributed by atoms with Gasteiger partial charge in [0.25, 0.3) is 20.2 Å². The fraction of sp³-hybridized carbons (Fsp3) is 0.476. The number of amides is 2. The number of carbonyl (C=O) groups excluding carboxylic acids is 2. The summed E-state index contributed by atoms with van der Waals surface area (Å²) in [6.07, 6.45) is 11.3. The van der Waals surface area contributed by atoms with Gasteiger partial charge in [0.05, 0.1) is 37.5 Å². The number of nitrogens with zero attached hydrogens (tertiary/aromatic N) is 1. The number of anilines is 1. The Labute approximate surface area is 332 Å². The summed E-state index contributed by atoms with van der Waals surface area (Å²) in [7, 11) is -7.41.